The Bertz CT molecular complexity index is 468. The van der Waals surface area contributed by atoms with Gasteiger partial charge in [-0.1, -0.05) is 30.3 Å². The quantitative estimate of drug-likeness (QED) is 0.849. The number of ether oxygens (including phenoxy) is 1. The molecule has 1 amide bonds. The molecule has 1 heterocycles. The highest BCUT2D eigenvalue weighted by atomic mass is 16.6. The zero-order chi connectivity index (χ0) is 16.0. The molecule has 0 radical (unpaired) electrons. The van der Waals surface area contributed by atoms with Crippen molar-refractivity contribution in [2.45, 2.75) is 51.7 Å². The molecule has 1 aromatic carbocycles. The van der Waals surface area contributed by atoms with E-state index in [0.29, 0.717) is 0 Å². The molecule has 4 nitrogen and oxygen atoms in total. The van der Waals surface area contributed by atoms with Crippen molar-refractivity contribution < 1.29 is 9.53 Å². The summed E-state index contributed by atoms with van der Waals surface area (Å²) in [5.74, 6) is 0. The van der Waals surface area contributed by atoms with Crippen LogP contribution in [0.4, 0.5) is 4.79 Å². The lowest BCUT2D eigenvalue weighted by Crippen LogP contribution is -2.44. The maximum absolute atomic E-state index is 12.2. The van der Waals surface area contributed by atoms with Crippen molar-refractivity contribution in [3.05, 3.63) is 35.9 Å². The third kappa shape index (κ3) is 5.34. The molecule has 1 saturated heterocycles. The van der Waals surface area contributed by atoms with Crippen LogP contribution < -0.4 is 5.32 Å². The van der Waals surface area contributed by atoms with Crippen molar-refractivity contribution in [3.63, 3.8) is 0 Å². The van der Waals surface area contributed by atoms with Gasteiger partial charge in [-0.25, -0.2) is 4.79 Å². The van der Waals surface area contributed by atoms with E-state index in [0.717, 1.165) is 38.9 Å². The third-order valence-corrected chi connectivity index (χ3v) is 3.82. The summed E-state index contributed by atoms with van der Waals surface area (Å²) in [7, 11) is 0. The SMILES string of the molecule is CC(C)(C)OC(=O)N1CCCC1CNCCc1ccccc1. The molecule has 2 rings (SSSR count). The van der Waals surface area contributed by atoms with Gasteiger partial charge in [0.05, 0.1) is 0 Å². The van der Waals surface area contributed by atoms with Gasteiger partial charge < -0.3 is 15.0 Å². The van der Waals surface area contributed by atoms with Crippen LogP contribution in [0.5, 0.6) is 0 Å². The van der Waals surface area contributed by atoms with Crippen LogP contribution in [0, 0.1) is 0 Å². The summed E-state index contributed by atoms with van der Waals surface area (Å²) in [6.45, 7) is 8.31. The first-order valence-corrected chi connectivity index (χ1v) is 8.20. The molecule has 0 saturated carbocycles. The van der Waals surface area contributed by atoms with Crippen molar-refractivity contribution in [2.24, 2.45) is 0 Å². The van der Waals surface area contributed by atoms with Gasteiger partial charge in [-0.2, -0.15) is 0 Å². The largest absolute Gasteiger partial charge is 0.444 e. The molecule has 0 aliphatic carbocycles. The van der Waals surface area contributed by atoms with Crippen molar-refractivity contribution in [2.75, 3.05) is 19.6 Å². The first-order valence-electron chi connectivity index (χ1n) is 8.20. The standard InChI is InChI=1S/C18H28N2O2/c1-18(2,3)22-17(21)20-13-7-10-16(20)14-19-12-11-15-8-5-4-6-9-15/h4-6,8-9,16,19H,7,10-14H2,1-3H3. The minimum absolute atomic E-state index is 0.181. The van der Waals surface area contributed by atoms with Gasteiger partial charge in [0.1, 0.15) is 5.60 Å². The third-order valence-electron chi connectivity index (χ3n) is 3.82. The lowest BCUT2D eigenvalue weighted by molar-refractivity contribution is 0.0227. The van der Waals surface area contributed by atoms with Crippen LogP contribution in [0.2, 0.25) is 0 Å². The van der Waals surface area contributed by atoms with Crippen LogP contribution in [-0.4, -0.2) is 42.3 Å². The Labute approximate surface area is 133 Å². The van der Waals surface area contributed by atoms with E-state index in [2.05, 4.69) is 29.6 Å². The smallest absolute Gasteiger partial charge is 0.410 e. The molecule has 122 valence electrons. The predicted molar refractivity (Wildman–Crippen MR) is 89.0 cm³/mol. The molecule has 1 fully saturated rings. The van der Waals surface area contributed by atoms with Crippen LogP contribution in [-0.2, 0) is 11.2 Å². The normalized spacial score (nSPS) is 18.5. The fourth-order valence-electron chi connectivity index (χ4n) is 2.75. The van der Waals surface area contributed by atoms with Gasteiger partial charge in [0.15, 0.2) is 0 Å². The predicted octanol–water partition coefficient (Wildman–Crippen LogP) is 3.22. The van der Waals surface area contributed by atoms with Crippen LogP contribution >= 0.6 is 0 Å². The minimum Gasteiger partial charge on any atom is -0.444 e. The van der Waals surface area contributed by atoms with Crippen molar-refractivity contribution >= 4 is 6.09 Å². The van der Waals surface area contributed by atoms with E-state index < -0.39 is 5.60 Å². The summed E-state index contributed by atoms with van der Waals surface area (Å²) < 4.78 is 5.49. The molecule has 1 N–H and O–H groups in total. The monoisotopic (exact) mass is 304 g/mol. The van der Waals surface area contributed by atoms with Crippen LogP contribution in [0.3, 0.4) is 0 Å². The van der Waals surface area contributed by atoms with Gasteiger partial charge in [-0.05, 0) is 52.1 Å². The Morgan fingerprint density at radius 2 is 2.05 bits per heavy atom. The van der Waals surface area contributed by atoms with E-state index in [1.807, 2.05) is 31.7 Å². The number of nitrogens with zero attached hydrogens (tertiary/aromatic N) is 1. The molecule has 0 bridgehead atoms. The summed E-state index contributed by atoms with van der Waals surface area (Å²) in [5, 5.41) is 3.47. The van der Waals surface area contributed by atoms with Crippen LogP contribution in [0.1, 0.15) is 39.2 Å². The highest BCUT2D eigenvalue weighted by molar-refractivity contribution is 5.69. The zero-order valence-corrected chi connectivity index (χ0v) is 14.0. The summed E-state index contributed by atoms with van der Waals surface area (Å²) in [6, 6.07) is 10.7. The summed E-state index contributed by atoms with van der Waals surface area (Å²) in [4.78, 5) is 14.1. The number of likely N-dealkylation sites (tertiary alicyclic amines) is 1. The van der Waals surface area contributed by atoms with Gasteiger partial charge in [0.2, 0.25) is 0 Å². The number of hydrogen-bond acceptors (Lipinski definition) is 3. The molecule has 1 aliphatic heterocycles. The minimum atomic E-state index is -0.426. The number of amides is 1. The topological polar surface area (TPSA) is 41.6 Å². The van der Waals surface area contributed by atoms with E-state index in [9.17, 15) is 4.79 Å². The number of rotatable bonds is 5. The first-order chi connectivity index (χ1) is 10.5. The zero-order valence-electron chi connectivity index (χ0n) is 14.0. The second kappa shape index (κ2) is 7.63. The maximum Gasteiger partial charge on any atom is 0.410 e. The number of carbonyl (C=O) groups is 1. The molecule has 0 aromatic heterocycles. The average Bonchev–Trinajstić information content (AvgIpc) is 2.91. The van der Waals surface area contributed by atoms with E-state index in [1.165, 1.54) is 5.56 Å². The van der Waals surface area contributed by atoms with Crippen LogP contribution in [0.15, 0.2) is 30.3 Å². The highest BCUT2D eigenvalue weighted by Crippen LogP contribution is 2.20. The molecule has 1 aromatic rings. The molecular formula is C18H28N2O2. The number of hydrogen-bond donors (Lipinski definition) is 1. The molecule has 22 heavy (non-hydrogen) atoms. The van der Waals surface area contributed by atoms with Gasteiger partial charge in [-0.15, -0.1) is 0 Å². The Balaban J connectivity index is 1.73. The lowest BCUT2D eigenvalue weighted by Gasteiger charge is -2.28. The molecule has 4 heteroatoms. The second-order valence-corrected chi connectivity index (χ2v) is 6.91. The average molecular weight is 304 g/mol. The molecule has 1 atom stereocenters. The van der Waals surface area contributed by atoms with E-state index >= 15 is 0 Å². The number of benzene rings is 1. The van der Waals surface area contributed by atoms with Gasteiger partial charge in [-0.3, -0.25) is 0 Å². The maximum atomic E-state index is 12.2. The van der Waals surface area contributed by atoms with Crippen molar-refractivity contribution in [1.29, 1.82) is 0 Å². The molecule has 0 spiro atoms. The van der Waals surface area contributed by atoms with Crippen molar-refractivity contribution in [1.82, 2.24) is 10.2 Å². The fourth-order valence-corrected chi connectivity index (χ4v) is 2.75. The molecule has 1 aliphatic rings. The van der Waals surface area contributed by atoms with E-state index in [-0.39, 0.29) is 12.1 Å². The van der Waals surface area contributed by atoms with Gasteiger partial charge >= 0.3 is 6.09 Å². The number of nitrogens with one attached hydrogen (secondary N) is 1. The summed E-state index contributed by atoms with van der Waals surface area (Å²) in [5.41, 5.74) is 0.913. The van der Waals surface area contributed by atoms with E-state index in [4.69, 9.17) is 4.74 Å². The molecule has 1 unspecified atom stereocenters. The van der Waals surface area contributed by atoms with Gasteiger partial charge in [0.25, 0.3) is 0 Å². The Morgan fingerprint density at radius 1 is 1.32 bits per heavy atom. The van der Waals surface area contributed by atoms with Gasteiger partial charge in [0, 0.05) is 19.1 Å². The lowest BCUT2D eigenvalue weighted by atomic mass is 10.1. The summed E-state index contributed by atoms with van der Waals surface area (Å²) in [6.07, 6.45) is 2.95. The van der Waals surface area contributed by atoms with E-state index in [1.54, 1.807) is 0 Å². The number of carbonyl (C=O) groups excluding carboxylic acids is 1. The van der Waals surface area contributed by atoms with Crippen molar-refractivity contribution in [3.8, 4) is 0 Å². The second-order valence-electron chi connectivity index (χ2n) is 6.91. The summed E-state index contributed by atoms with van der Waals surface area (Å²) >= 11 is 0. The highest BCUT2D eigenvalue weighted by Gasteiger charge is 2.31. The Hall–Kier alpha value is -1.55. The Kier molecular flexibility index (Phi) is 5.83. The fraction of sp³-hybridized carbons (Fsp3) is 0.611. The Morgan fingerprint density at radius 3 is 2.73 bits per heavy atom. The molecular weight excluding hydrogens is 276 g/mol. The van der Waals surface area contributed by atoms with Crippen LogP contribution in [0.25, 0.3) is 0 Å². The first kappa shape index (κ1) is 16.8.